The van der Waals surface area contributed by atoms with Crippen molar-refractivity contribution >= 4 is 60.2 Å². The number of hydrogen-bond donors (Lipinski definition) is 0. The fourth-order valence-corrected chi connectivity index (χ4v) is 9.29. The van der Waals surface area contributed by atoms with Gasteiger partial charge >= 0.3 is 0 Å². The van der Waals surface area contributed by atoms with Crippen LogP contribution in [-0.4, -0.2) is 37.6 Å². The second-order valence-electron chi connectivity index (χ2n) is 16.0. The Balaban J connectivity index is 0.992. The summed E-state index contributed by atoms with van der Waals surface area (Å²) in [6, 6.07) is 67.5. The highest BCUT2D eigenvalue weighted by atomic mass is 15.1. The number of rotatable bonds is 6. The molecule has 5 heteroatoms. The molecular weight excluding hydrogens is 743 g/mol. The predicted molar refractivity (Wildman–Crippen MR) is 254 cm³/mol. The molecule has 0 radical (unpaired) electrons. The Morgan fingerprint density at radius 3 is 1.64 bits per heavy atom. The minimum atomic E-state index is 0.852. The molecular formula is C56H39N5. The molecule has 0 unspecified atom stereocenters. The average Bonchev–Trinajstić information content (AvgIpc) is 3.84. The molecule has 0 amide bonds. The van der Waals surface area contributed by atoms with Crippen molar-refractivity contribution in [2.24, 2.45) is 0 Å². The topological polar surface area (TPSA) is 38.9 Å². The molecule has 61 heavy (non-hydrogen) atoms. The van der Waals surface area contributed by atoms with E-state index >= 15 is 0 Å². The van der Waals surface area contributed by atoms with Crippen LogP contribution in [-0.2, 0) is 0 Å². The first-order chi connectivity index (χ1) is 30.1. The van der Waals surface area contributed by atoms with Crippen LogP contribution in [0.5, 0.6) is 0 Å². The fraction of sp³-hybridized carbons (Fsp3) is 0.0357. The van der Waals surface area contributed by atoms with Gasteiger partial charge in [0.1, 0.15) is 0 Å². The fourth-order valence-electron chi connectivity index (χ4n) is 9.29. The van der Waals surface area contributed by atoms with Crippen LogP contribution in [0.4, 0.5) is 0 Å². The van der Waals surface area contributed by atoms with Gasteiger partial charge in [0, 0.05) is 63.8 Å². The molecule has 1 aliphatic heterocycles. The summed E-state index contributed by atoms with van der Waals surface area (Å²) in [5, 5.41) is 4.89. The number of allylic oxidation sites excluding steroid dienone is 2. The van der Waals surface area contributed by atoms with Crippen molar-refractivity contribution in [1.29, 1.82) is 0 Å². The Bertz CT molecular complexity index is 3560. The van der Waals surface area contributed by atoms with E-state index in [2.05, 4.69) is 215 Å². The van der Waals surface area contributed by atoms with Crippen LogP contribution < -0.4 is 0 Å². The smallest absolute Gasteiger partial charge is 0.0973 e. The third-order valence-electron chi connectivity index (χ3n) is 12.2. The Morgan fingerprint density at radius 2 is 0.934 bits per heavy atom. The zero-order valence-electron chi connectivity index (χ0n) is 33.6. The molecule has 0 N–H and O–H groups in total. The van der Waals surface area contributed by atoms with Gasteiger partial charge in [0.25, 0.3) is 0 Å². The Kier molecular flexibility index (Phi) is 8.07. The summed E-state index contributed by atoms with van der Waals surface area (Å²) in [5.74, 6) is 0. The van der Waals surface area contributed by atoms with Gasteiger partial charge in [0.2, 0.25) is 0 Å². The zero-order valence-corrected chi connectivity index (χ0v) is 33.6. The largest absolute Gasteiger partial charge is 0.376 e. The van der Waals surface area contributed by atoms with Crippen LogP contribution in [0.2, 0.25) is 0 Å². The maximum absolute atomic E-state index is 5.34. The highest BCUT2D eigenvalue weighted by Crippen LogP contribution is 2.39. The number of nitrogens with zero attached hydrogens (tertiary/aromatic N) is 5. The second kappa shape index (κ2) is 14.1. The van der Waals surface area contributed by atoms with Crippen molar-refractivity contribution in [2.75, 3.05) is 13.6 Å². The number of hydrogen-bond acceptors (Lipinski definition) is 3. The van der Waals surface area contributed by atoms with Crippen LogP contribution in [0.15, 0.2) is 206 Å². The molecule has 4 heterocycles. The first-order valence-electron chi connectivity index (χ1n) is 20.8. The molecule has 0 atom stereocenters. The van der Waals surface area contributed by atoms with Crippen molar-refractivity contribution < 1.29 is 0 Å². The zero-order chi connectivity index (χ0) is 40.4. The summed E-state index contributed by atoms with van der Waals surface area (Å²) in [6.45, 7) is 0.940. The Morgan fingerprint density at radius 1 is 0.393 bits per heavy atom. The van der Waals surface area contributed by atoms with Crippen molar-refractivity contribution in [2.45, 2.75) is 0 Å². The summed E-state index contributed by atoms with van der Waals surface area (Å²) in [6.07, 6.45) is 6.65. The van der Waals surface area contributed by atoms with Gasteiger partial charge in [-0.2, -0.15) is 0 Å². The van der Waals surface area contributed by atoms with Crippen LogP contribution in [0.3, 0.4) is 0 Å². The summed E-state index contributed by atoms with van der Waals surface area (Å²) < 4.78 is 4.78. The molecule has 0 spiro atoms. The van der Waals surface area contributed by atoms with Crippen LogP contribution in [0, 0.1) is 0 Å². The van der Waals surface area contributed by atoms with Gasteiger partial charge in [0.05, 0.1) is 44.5 Å². The van der Waals surface area contributed by atoms with Gasteiger partial charge in [-0.15, -0.1) is 0 Å². The van der Waals surface area contributed by atoms with Crippen molar-refractivity contribution in [1.82, 2.24) is 24.0 Å². The molecule has 8 aromatic carbocycles. The lowest BCUT2D eigenvalue weighted by Crippen LogP contribution is -2.13. The van der Waals surface area contributed by atoms with Gasteiger partial charge < -0.3 is 14.0 Å². The van der Waals surface area contributed by atoms with E-state index in [0.29, 0.717) is 0 Å². The van der Waals surface area contributed by atoms with E-state index in [0.717, 1.165) is 68.1 Å². The van der Waals surface area contributed by atoms with E-state index in [4.69, 9.17) is 9.97 Å². The van der Waals surface area contributed by atoms with Gasteiger partial charge in [-0.05, 0) is 82.9 Å². The normalized spacial score (nSPS) is 12.9. The van der Waals surface area contributed by atoms with Crippen LogP contribution in [0.1, 0.15) is 5.56 Å². The molecule has 1 aliphatic rings. The quantitative estimate of drug-likeness (QED) is 0.169. The molecule has 5 nitrogen and oxygen atoms in total. The highest BCUT2D eigenvalue weighted by molar-refractivity contribution is 6.12. The summed E-state index contributed by atoms with van der Waals surface area (Å²) >= 11 is 0. The van der Waals surface area contributed by atoms with Gasteiger partial charge in [-0.3, -0.25) is 0 Å². The Labute approximate surface area is 353 Å². The van der Waals surface area contributed by atoms with E-state index < -0.39 is 0 Å². The van der Waals surface area contributed by atoms with E-state index in [-0.39, 0.29) is 0 Å². The molecule has 0 saturated heterocycles. The van der Waals surface area contributed by atoms with E-state index in [9.17, 15) is 0 Å². The molecule has 11 aromatic rings. The predicted octanol–water partition coefficient (Wildman–Crippen LogP) is 13.7. The lowest BCUT2D eigenvalue weighted by molar-refractivity contribution is 0.507. The Hall–Kier alpha value is -8.02. The molecule has 288 valence electrons. The minimum absolute atomic E-state index is 0.852. The molecule has 12 rings (SSSR count). The summed E-state index contributed by atoms with van der Waals surface area (Å²) in [4.78, 5) is 12.8. The first kappa shape index (κ1) is 35.0. The van der Waals surface area contributed by atoms with E-state index in [1.165, 1.54) is 49.3 Å². The first-order valence-corrected chi connectivity index (χ1v) is 20.8. The van der Waals surface area contributed by atoms with Crippen molar-refractivity contribution in [3.8, 4) is 45.0 Å². The number of fused-ring (bicyclic) bond motifs is 7. The summed E-state index contributed by atoms with van der Waals surface area (Å²) in [7, 11) is 2.12. The summed E-state index contributed by atoms with van der Waals surface area (Å²) in [5.41, 5.74) is 17.2. The highest BCUT2D eigenvalue weighted by Gasteiger charge is 2.18. The second-order valence-corrected chi connectivity index (χ2v) is 16.0. The number of para-hydroxylation sites is 2. The van der Waals surface area contributed by atoms with Crippen LogP contribution in [0.25, 0.3) is 105 Å². The van der Waals surface area contributed by atoms with E-state index in [1.54, 1.807) is 0 Å². The van der Waals surface area contributed by atoms with Crippen LogP contribution >= 0.6 is 0 Å². The third kappa shape index (κ3) is 5.85. The third-order valence-corrected chi connectivity index (χ3v) is 12.2. The molecule has 0 aliphatic carbocycles. The average molecular weight is 782 g/mol. The van der Waals surface area contributed by atoms with Gasteiger partial charge in [-0.1, -0.05) is 140 Å². The molecule has 3 aromatic heterocycles. The standard InChI is InChI=1S/C56H39N5/c1-59-32-12-17-42(36-59)37-22-26-43(27-23-37)60-52-21-11-9-19-46(52)48-33-40(25-31-53(48)60)41-24-29-47-45-18-8-10-20-51(45)61(54(47)34-41)44-28-30-49-50(35-44)58-56(39-15-6-3-7-16-39)55(57-49)38-13-4-2-5-14-38/h2-31,33-36H,32H2,1H3. The van der Waals surface area contributed by atoms with Gasteiger partial charge in [0.15, 0.2) is 0 Å². The SMILES string of the molecule is CN1C=C(c2ccc(-n3c4ccccc4c4cc(-c5ccc6c7ccccc7n(-c7ccc8nc(-c9ccccc9)c(-c9ccccc9)nc8c7)c6c5)ccc43)cc2)C=CC1. The number of aromatic nitrogens is 4. The lowest BCUT2D eigenvalue weighted by Gasteiger charge is -2.18. The lowest BCUT2D eigenvalue weighted by atomic mass is 10.0. The minimum Gasteiger partial charge on any atom is -0.376 e. The van der Waals surface area contributed by atoms with E-state index in [1.807, 2.05) is 12.1 Å². The van der Waals surface area contributed by atoms with Crippen molar-refractivity contribution in [3.63, 3.8) is 0 Å². The monoisotopic (exact) mass is 781 g/mol. The molecule has 0 bridgehead atoms. The van der Waals surface area contributed by atoms with Gasteiger partial charge in [-0.25, -0.2) is 9.97 Å². The number of benzene rings is 8. The molecule has 0 fully saturated rings. The maximum atomic E-state index is 5.34. The number of likely N-dealkylation sites (N-methyl/N-ethyl adjacent to an activating group) is 1. The van der Waals surface area contributed by atoms with Crippen molar-refractivity contribution in [3.05, 3.63) is 212 Å². The molecule has 0 saturated carbocycles. The maximum Gasteiger partial charge on any atom is 0.0973 e.